The Balaban J connectivity index is 1.60. The quantitative estimate of drug-likeness (QED) is 0.538. The Hall–Kier alpha value is -3.34. The van der Waals surface area contributed by atoms with Gasteiger partial charge in [-0.2, -0.15) is 4.98 Å². The molecule has 1 aliphatic heterocycles. The van der Waals surface area contributed by atoms with E-state index in [0.29, 0.717) is 18.3 Å². The van der Waals surface area contributed by atoms with Crippen LogP contribution in [-0.4, -0.2) is 21.6 Å². The number of aromatic amines is 1. The summed E-state index contributed by atoms with van der Waals surface area (Å²) in [6, 6.07) is 18.6. The maximum atomic E-state index is 5.91. The summed E-state index contributed by atoms with van der Waals surface area (Å²) in [6.07, 6.45) is 1.92. The Morgan fingerprint density at radius 2 is 1.86 bits per heavy atom. The number of benzene rings is 2. The molecule has 2 aromatic heterocycles. The molecule has 2 N–H and O–H groups in total. The Bertz CT molecular complexity index is 1130. The van der Waals surface area contributed by atoms with Crippen molar-refractivity contribution in [3.8, 4) is 17.3 Å². The zero-order chi connectivity index (χ0) is 18.9. The molecule has 0 saturated carbocycles. The number of hydrogen-bond donors (Lipinski definition) is 2. The number of nitrogens with one attached hydrogen (secondary N) is 2. The van der Waals surface area contributed by atoms with Gasteiger partial charge in [-0.05, 0) is 31.4 Å². The van der Waals surface area contributed by atoms with Crippen molar-refractivity contribution in [1.29, 1.82) is 0 Å². The average Bonchev–Trinajstić information content (AvgIpc) is 3.08. The maximum Gasteiger partial charge on any atom is 0.222 e. The fourth-order valence-electron chi connectivity index (χ4n) is 3.83. The summed E-state index contributed by atoms with van der Waals surface area (Å²) in [4.78, 5) is 13.2. The lowest BCUT2D eigenvalue weighted by molar-refractivity contribution is 0.276. The van der Waals surface area contributed by atoms with E-state index in [2.05, 4.69) is 53.6 Å². The number of fused-ring (bicyclic) bond motifs is 2. The summed E-state index contributed by atoms with van der Waals surface area (Å²) in [7, 11) is 0. The van der Waals surface area contributed by atoms with Gasteiger partial charge in [-0.1, -0.05) is 48.5 Å². The first-order valence-corrected chi connectivity index (χ1v) is 9.69. The third-order valence-corrected chi connectivity index (χ3v) is 5.20. The van der Waals surface area contributed by atoms with Crippen molar-refractivity contribution >= 4 is 16.7 Å². The van der Waals surface area contributed by atoms with Gasteiger partial charge in [0.15, 0.2) is 5.82 Å². The SMILES string of the molecule is Cc1[nH]c2ccccc2c1-c1nc(NCc2ccccc2)c2c(n1)OCCC2. The monoisotopic (exact) mass is 370 g/mol. The molecule has 0 bridgehead atoms. The lowest BCUT2D eigenvalue weighted by atomic mass is 10.1. The summed E-state index contributed by atoms with van der Waals surface area (Å²) in [5, 5.41) is 4.65. The molecule has 0 amide bonds. The molecule has 5 heteroatoms. The lowest BCUT2D eigenvalue weighted by Gasteiger charge is -2.20. The number of ether oxygens (including phenoxy) is 1. The number of para-hydroxylation sites is 1. The van der Waals surface area contributed by atoms with Crippen molar-refractivity contribution in [2.24, 2.45) is 0 Å². The van der Waals surface area contributed by atoms with E-state index in [1.807, 2.05) is 18.2 Å². The predicted octanol–water partition coefficient (Wildman–Crippen LogP) is 4.87. The van der Waals surface area contributed by atoms with Crippen LogP contribution in [0.1, 0.15) is 23.2 Å². The van der Waals surface area contributed by atoms with Gasteiger partial charge in [0.25, 0.3) is 0 Å². The fraction of sp³-hybridized carbons (Fsp3) is 0.217. The molecule has 0 unspecified atom stereocenters. The molecule has 140 valence electrons. The smallest absolute Gasteiger partial charge is 0.222 e. The highest BCUT2D eigenvalue weighted by Crippen LogP contribution is 2.35. The minimum atomic E-state index is 0.700. The molecular formula is C23H22N4O. The molecular weight excluding hydrogens is 348 g/mol. The second kappa shape index (κ2) is 7.00. The van der Waals surface area contributed by atoms with Crippen molar-refractivity contribution < 1.29 is 4.74 Å². The molecule has 0 atom stereocenters. The number of aromatic nitrogens is 3. The maximum absolute atomic E-state index is 5.91. The highest BCUT2D eigenvalue weighted by atomic mass is 16.5. The first-order valence-electron chi connectivity index (χ1n) is 9.69. The van der Waals surface area contributed by atoms with Crippen LogP contribution >= 0.6 is 0 Å². The van der Waals surface area contributed by atoms with Crippen molar-refractivity contribution in [2.45, 2.75) is 26.3 Å². The lowest BCUT2D eigenvalue weighted by Crippen LogP contribution is -2.15. The van der Waals surface area contributed by atoms with Gasteiger partial charge in [-0.25, -0.2) is 4.98 Å². The zero-order valence-electron chi connectivity index (χ0n) is 15.8. The Kier molecular flexibility index (Phi) is 4.20. The van der Waals surface area contributed by atoms with E-state index in [1.165, 1.54) is 5.56 Å². The molecule has 2 aromatic carbocycles. The highest BCUT2D eigenvalue weighted by molar-refractivity contribution is 5.95. The molecule has 5 rings (SSSR count). The van der Waals surface area contributed by atoms with Gasteiger partial charge in [0.05, 0.1) is 12.2 Å². The number of rotatable bonds is 4. The van der Waals surface area contributed by atoms with Crippen LogP contribution in [0.2, 0.25) is 0 Å². The molecule has 0 aliphatic carbocycles. The van der Waals surface area contributed by atoms with E-state index in [1.54, 1.807) is 0 Å². The average molecular weight is 370 g/mol. The molecule has 5 nitrogen and oxygen atoms in total. The van der Waals surface area contributed by atoms with Crippen LogP contribution in [0, 0.1) is 6.92 Å². The molecule has 28 heavy (non-hydrogen) atoms. The topological polar surface area (TPSA) is 62.8 Å². The Morgan fingerprint density at radius 1 is 1.04 bits per heavy atom. The van der Waals surface area contributed by atoms with Gasteiger partial charge in [-0.3, -0.25) is 0 Å². The largest absolute Gasteiger partial charge is 0.477 e. The normalized spacial score (nSPS) is 13.2. The number of H-pyrrole nitrogens is 1. The van der Waals surface area contributed by atoms with Crippen LogP contribution in [-0.2, 0) is 13.0 Å². The van der Waals surface area contributed by atoms with Crippen molar-refractivity contribution in [2.75, 3.05) is 11.9 Å². The first kappa shape index (κ1) is 16.8. The van der Waals surface area contributed by atoms with Crippen LogP contribution < -0.4 is 10.1 Å². The van der Waals surface area contributed by atoms with Gasteiger partial charge in [0, 0.05) is 28.7 Å². The molecule has 1 aliphatic rings. The van der Waals surface area contributed by atoms with Gasteiger partial charge in [0.2, 0.25) is 5.88 Å². The van der Waals surface area contributed by atoms with Crippen molar-refractivity contribution in [3.05, 3.63) is 71.4 Å². The van der Waals surface area contributed by atoms with Crippen molar-refractivity contribution in [3.63, 3.8) is 0 Å². The molecule has 0 fully saturated rings. The van der Waals surface area contributed by atoms with E-state index < -0.39 is 0 Å². The van der Waals surface area contributed by atoms with Crippen LogP contribution in [0.25, 0.3) is 22.3 Å². The van der Waals surface area contributed by atoms with E-state index in [4.69, 9.17) is 14.7 Å². The van der Waals surface area contributed by atoms with Crippen LogP contribution in [0.15, 0.2) is 54.6 Å². The van der Waals surface area contributed by atoms with Crippen LogP contribution in [0.3, 0.4) is 0 Å². The van der Waals surface area contributed by atoms with E-state index in [0.717, 1.165) is 52.9 Å². The van der Waals surface area contributed by atoms with E-state index in [-0.39, 0.29) is 0 Å². The number of hydrogen-bond acceptors (Lipinski definition) is 4. The van der Waals surface area contributed by atoms with Gasteiger partial charge in [0.1, 0.15) is 5.82 Å². The van der Waals surface area contributed by atoms with Gasteiger partial charge in [-0.15, -0.1) is 0 Å². The predicted molar refractivity (Wildman–Crippen MR) is 112 cm³/mol. The minimum Gasteiger partial charge on any atom is -0.477 e. The summed E-state index contributed by atoms with van der Waals surface area (Å²) >= 11 is 0. The fourth-order valence-corrected chi connectivity index (χ4v) is 3.83. The third kappa shape index (κ3) is 2.99. The van der Waals surface area contributed by atoms with Crippen LogP contribution in [0.4, 0.5) is 5.82 Å². The Labute approximate surface area is 163 Å². The minimum absolute atomic E-state index is 0.700. The van der Waals surface area contributed by atoms with E-state index >= 15 is 0 Å². The van der Waals surface area contributed by atoms with Gasteiger partial charge >= 0.3 is 0 Å². The number of nitrogens with zero attached hydrogens (tertiary/aromatic N) is 2. The molecule has 0 radical (unpaired) electrons. The standard InChI is InChI=1S/C23H22N4O/c1-15-20(17-10-5-6-12-19(17)25-15)22-26-21(18-11-7-13-28-23(18)27-22)24-14-16-8-3-2-4-9-16/h2-6,8-10,12,25H,7,11,13-14H2,1H3,(H,24,26,27). The second-order valence-corrected chi connectivity index (χ2v) is 7.14. The Morgan fingerprint density at radius 3 is 2.75 bits per heavy atom. The molecule has 0 spiro atoms. The van der Waals surface area contributed by atoms with Gasteiger partial charge < -0.3 is 15.0 Å². The first-order chi connectivity index (χ1) is 13.8. The number of anilines is 1. The summed E-state index contributed by atoms with van der Waals surface area (Å²) in [6.45, 7) is 3.49. The third-order valence-electron chi connectivity index (χ3n) is 5.20. The summed E-state index contributed by atoms with van der Waals surface area (Å²) in [5.74, 6) is 2.27. The molecule has 4 aromatic rings. The highest BCUT2D eigenvalue weighted by Gasteiger charge is 2.22. The zero-order valence-corrected chi connectivity index (χ0v) is 15.8. The van der Waals surface area contributed by atoms with Crippen LogP contribution in [0.5, 0.6) is 5.88 Å². The summed E-state index contributed by atoms with van der Waals surface area (Å²) < 4.78 is 5.91. The summed E-state index contributed by atoms with van der Waals surface area (Å²) in [5.41, 5.74) is 5.48. The molecule has 0 saturated heterocycles. The molecule has 3 heterocycles. The second-order valence-electron chi connectivity index (χ2n) is 7.14. The van der Waals surface area contributed by atoms with Crippen molar-refractivity contribution in [1.82, 2.24) is 15.0 Å². The number of aryl methyl sites for hydroxylation is 1. The van der Waals surface area contributed by atoms with E-state index in [9.17, 15) is 0 Å².